The lowest BCUT2D eigenvalue weighted by Crippen LogP contribution is -1.93. The molecule has 1 aromatic heterocycles. The molecule has 3 rings (SSSR count). The van der Waals surface area contributed by atoms with Gasteiger partial charge in [-0.1, -0.05) is 42.0 Å². The number of carbonyl (C=O) groups excluding carboxylic acids is 1. The van der Waals surface area contributed by atoms with Crippen molar-refractivity contribution in [3.05, 3.63) is 89.2 Å². The summed E-state index contributed by atoms with van der Waals surface area (Å²) in [7, 11) is 0. The maximum Gasteiger partial charge on any atom is 0.185 e. The van der Waals surface area contributed by atoms with Gasteiger partial charge in [0.05, 0.1) is 11.6 Å². The fourth-order valence-electron chi connectivity index (χ4n) is 2.35. The molecule has 0 bridgehead atoms. The molecule has 0 atom stereocenters. The lowest BCUT2D eigenvalue weighted by atomic mass is 10.1. The molecular formula is C21H15NO2. The van der Waals surface area contributed by atoms with Crippen LogP contribution in [-0.2, 0) is 0 Å². The lowest BCUT2D eigenvalue weighted by molar-refractivity contribution is 0.104. The van der Waals surface area contributed by atoms with Gasteiger partial charge < -0.3 is 4.42 Å². The van der Waals surface area contributed by atoms with Crippen molar-refractivity contribution in [1.82, 2.24) is 0 Å². The summed E-state index contributed by atoms with van der Waals surface area (Å²) in [6, 6.07) is 20.4. The number of hydrogen-bond acceptors (Lipinski definition) is 3. The molecule has 0 radical (unpaired) electrons. The molecular weight excluding hydrogens is 298 g/mol. The van der Waals surface area contributed by atoms with Crippen molar-refractivity contribution in [2.24, 2.45) is 0 Å². The molecule has 0 spiro atoms. The van der Waals surface area contributed by atoms with Gasteiger partial charge in [-0.15, -0.1) is 0 Å². The van der Waals surface area contributed by atoms with Gasteiger partial charge in [-0.05, 0) is 43.3 Å². The highest BCUT2D eigenvalue weighted by molar-refractivity contribution is 6.06. The van der Waals surface area contributed by atoms with Gasteiger partial charge in [0.25, 0.3) is 0 Å². The summed E-state index contributed by atoms with van der Waals surface area (Å²) in [6.07, 6.45) is 3.13. The second-order valence-electron chi connectivity index (χ2n) is 5.42. The van der Waals surface area contributed by atoms with Crippen LogP contribution in [0.5, 0.6) is 0 Å². The zero-order valence-corrected chi connectivity index (χ0v) is 13.2. The molecule has 0 fully saturated rings. The van der Waals surface area contributed by atoms with E-state index in [4.69, 9.17) is 9.68 Å². The zero-order chi connectivity index (χ0) is 16.9. The maximum absolute atomic E-state index is 12.1. The molecule has 0 aliphatic heterocycles. The third-order valence-corrected chi connectivity index (χ3v) is 3.67. The number of allylic oxidation sites excluding steroid dienone is 1. The minimum absolute atomic E-state index is 0.0784. The number of rotatable bonds is 4. The number of nitriles is 1. The van der Waals surface area contributed by atoms with Crippen molar-refractivity contribution in [2.45, 2.75) is 6.92 Å². The largest absolute Gasteiger partial charge is 0.457 e. The van der Waals surface area contributed by atoms with E-state index >= 15 is 0 Å². The fraction of sp³-hybridized carbons (Fsp3) is 0.0476. The van der Waals surface area contributed by atoms with Crippen molar-refractivity contribution in [1.29, 1.82) is 5.26 Å². The van der Waals surface area contributed by atoms with Crippen LogP contribution >= 0.6 is 0 Å². The number of aryl methyl sites for hydroxylation is 1. The summed E-state index contributed by atoms with van der Waals surface area (Å²) in [4.78, 5) is 12.1. The molecule has 0 unspecified atom stereocenters. The minimum atomic E-state index is -0.0784. The van der Waals surface area contributed by atoms with Crippen LogP contribution in [0.15, 0.2) is 71.2 Å². The summed E-state index contributed by atoms with van der Waals surface area (Å²) < 4.78 is 5.73. The summed E-state index contributed by atoms with van der Waals surface area (Å²) >= 11 is 0. The Morgan fingerprint density at radius 3 is 2.54 bits per heavy atom. The normalized spacial score (nSPS) is 10.7. The zero-order valence-electron chi connectivity index (χ0n) is 13.2. The Balaban J connectivity index is 1.80. The van der Waals surface area contributed by atoms with Gasteiger partial charge in [-0.3, -0.25) is 4.79 Å². The van der Waals surface area contributed by atoms with E-state index in [1.165, 1.54) is 6.08 Å². The molecule has 0 aliphatic carbocycles. The molecule has 0 saturated heterocycles. The molecule has 0 N–H and O–H groups in total. The van der Waals surface area contributed by atoms with Crippen molar-refractivity contribution >= 4 is 11.9 Å². The maximum atomic E-state index is 12.1. The van der Waals surface area contributed by atoms with Crippen LogP contribution < -0.4 is 0 Å². The summed E-state index contributed by atoms with van der Waals surface area (Å²) in [5.41, 5.74) is 3.04. The van der Waals surface area contributed by atoms with Gasteiger partial charge in [-0.2, -0.15) is 5.26 Å². The topological polar surface area (TPSA) is 54.0 Å². The number of ketones is 1. The average molecular weight is 313 g/mol. The van der Waals surface area contributed by atoms with Crippen molar-refractivity contribution in [3.63, 3.8) is 0 Å². The van der Waals surface area contributed by atoms with E-state index in [0.717, 1.165) is 11.1 Å². The molecule has 0 saturated carbocycles. The van der Waals surface area contributed by atoms with E-state index in [1.807, 2.05) is 37.3 Å². The molecule has 1 heterocycles. The Bertz CT molecular complexity index is 940. The van der Waals surface area contributed by atoms with Gasteiger partial charge in [0.2, 0.25) is 0 Å². The summed E-state index contributed by atoms with van der Waals surface area (Å²) in [5.74, 6) is 1.10. The molecule has 3 aromatic rings. The predicted molar refractivity (Wildman–Crippen MR) is 93.4 cm³/mol. The van der Waals surface area contributed by atoms with E-state index in [9.17, 15) is 4.79 Å². The van der Waals surface area contributed by atoms with Crippen molar-refractivity contribution in [3.8, 4) is 17.4 Å². The lowest BCUT2D eigenvalue weighted by Gasteiger charge is -1.99. The number of furan rings is 1. The van der Waals surface area contributed by atoms with Crippen LogP contribution in [0.2, 0.25) is 0 Å². The van der Waals surface area contributed by atoms with Gasteiger partial charge in [0, 0.05) is 11.1 Å². The second-order valence-corrected chi connectivity index (χ2v) is 5.42. The molecule has 2 aromatic carbocycles. The number of hydrogen-bond donors (Lipinski definition) is 0. The van der Waals surface area contributed by atoms with Crippen molar-refractivity contribution < 1.29 is 9.21 Å². The third kappa shape index (κ3) is 3.34. The first kappa shape index (κ1) is 15.5. The molecule has 24 heavy (non-hydrogen) atoms. The quantitative estimate of drug-likeness (QED) is 0.502. The number of nitrogens with zero attached hydrogens (tertiary/aromatic N) is 1. The Morgan fingerprint density at radius 2 is 1.79 bits per heavy atom. The van der Waals surface area contributed by atoms with Gasteiger partial charge >= 0.3 is 0 Å². The van der Waals surface area contributed by atoms with E-state index < -0.39 is 0 Å². The summed E-state index contributed by atoms with van der Waals surface area (Å²) in [5, 5.41) is 9.16. The highest BCUT2D eigenvalue weighted by atomic mass is 16.3. The van der Waals surface area contributed by atoms with E-state index in [1.54, 1.807) is 36.4 Å². The highest BCUT2D eigenvalue weighted by Gasteiger charge is 2.08. The summed E-state index contributed by atoms with van der Waals surface area (Å²) in [6.45, 7) is 1.98. The second kappa shape index (κ2) is 6.80. The van der Waals surface area contributed by atoms with E-state index in [-0.39, 0.29) is 5.78 Å². The van der Waals surface area contributed by atoms with Crippen LogP contribution in [0.3, 0.4) is 0 Å². The smallest absolute Gasteiger partial charge is 0.185 e. The molecule has 0 aliphatic rings. The fourth-order valence-corrected chi connectivity index (χ4v) is 2.35. The molecule has 3 nitrogen and oxygen atoms in total. The van der Waals surface area contributed by atoms with Crippen LogP contribution in [0.4, 0.5) is 0 Å². The number of carbonyl (C=O) groups is 1. The molecule has 3 heteroatoms. The van der Waals surface area contributed by atoms with Gasteiger partial charge in [0.15, 0.2) is 5.78 Å². The Morgan fingerprint density at radius 1 is 1.04 bits per heavy atom. The van der Waals surface area contributed by atoms with E-state index in [2.05, 4.69) is 6.07 Å². The Labute approximate surface area is 140 Å². The molecule has 0 amide bonds. The monoisotopic (exact) mass is 313 g/mol. The minimum Gasteiger partial charge on any atom is -0.457 e. The average Bonchev–Trinajstić information content (AvgIpc) is 3.09. The van der Waals surface area contributed by atoms with Gasteiger partial charge in [-0.25, -0.2) is 0 Å². The van der Waals surface area contributed by atoms with E-state index in [0.29, 0.717) is 22.6 Å². The van der Waals surface area contributed by atoms with Crippen LogP contribution in [0.1, 0.15) is 27.2 Å². The first-order valence-electron chi connectivity index (χ1n) is 7.56. The SMILES string of the molecule is Cc1ccc(C(=O)/C=C/c2ccc(-c3ccccc3C#N)o2)cc1. The van der Waals surface area contributed by atoms with Crippen LogP contribution in [0.25, 0.3) is 17.4 Å². The van der Waals surface area contributed by atoms with Crippen molar-refractivity contribution in [2.75, 3.05) is 0 Å². The Kier molecular flexibility index (Phi) is 4.40. The Hall–Kier alpha value is -3.38. The van der Waals surface area contributed by atoms with Crippen LogP contribution in [0, 0.1) is 18.3 Å². The first-order valence-corrected chi connectivity index (χ1v) is 7.56. The predicted octanol–water partition coefficient (Wildman–Crippen LogP) is 5.02. The highest BCUT2D eigenvalue weighted by Crippen LogP contribution is 2.25. The first-order chi connectivity index (χ1) is 11.7. The third-order valence-electron chi connectivity index (χ3n) is 3.67. The van der Waals surface area contributed by atoms with Gasteiger partial charge in [0.1, 0.15) is 11.5 Å². The van der Waals surface area contributed by atoms with Crippen LogP contribution in [-0.4, -0.2) is 5.78 Å². The standard InChI is InChI=1S/C21H15NO2/c1-15-6-8-16(9-7-15)20(23)12-10-18-11-13-21(24-18)19-5-3-2-4-17(19)14-22/h2-13H,1H3/b12-10+. The molecule has 116 valence electrons. The number of benzene rings is 2.